The number of furan rings is 1. The molecule has 0 radical (unpaired) electrons. The van der Waals surface area contributed by atoms with E-state index in [0.717, 1.165) is 42.6 Å². The van der Waals surface area contributed by atoms with Gasteiger partial charge in [-0.25, -0.2) is 9.97 Å². The third-order valence-electron chi connectivity index (χ3n) is 4.37. The van der Waals surface area contributed by atoms with Gasteiger partial charge < -0.3 is 14.2 Å². The third kappa shape index (κ3) is 3.27. The van der Waals surface area contributed by atoms with Crippen molar-refractivity contribution in [2.75, 3.05) is 31.1 Å². The zero-order valence-corrected chi connectivity index (χ0v) is 14.8. The number of hydrogen-bond donors (Lipinski definition) is 0. The molecule has 1 aliphatic rings. The van der Waals surface area contributed by atoms with Crippen molar-refractivity contribution in [2.24, 2.45) is 0 Å². The first kappa shape index (κ1) is 16.5. The van der Waals surface area contributed by atoms with Crippen LogP contribution in [0.15, 0.2) is 16.5 Å². The summed E-state index contributed by atoms with van der Waals surface area (Å²) in [6.45, 7) is 10.7. The van der Waals surface area contributed by atoms with Crippen LogP contribution in [0.1, 0.15) is 40.2 Å². The zero-order valence-electron chi connectivity index (χ0n) is 14.8. The minimum atomic E-state index is 0.0527. The molecule has 1 amide bonds. The molecule has 1 aliphatic heterocycles. The fraction of sp³-hybridized carbons (Fsp3) is 0.500. The van der Waals surface area contributed by atoms with Crippen molar-refractivity contribution in [3.63, 3.8) is 0 Å². The number of carbonyl (C=O) groups excluding carboxylic acids is 1. The number of carbonyl (C=O) groups is 1. The van der Waals surface area contributed by atoms with Crippen molar-refractivity contribution in [2.45, 2.75) is 34.1 Å². The first-order valence-corrected chi connectivity index (χ1v) is 8.43. The molecule has 2 aromatic rings. The summed E-state index contributed by atoms with van der Waals surface area (Å²) < 4.78 is 5.61. The fourth-order valence-electron chi connectivity index (χ4n) is 3.06. The summed E-state index contributed by atoms with van der Waals surface area (Å²) in [7, 11) is 0. The summed E-state index contributed by atoms with van der Waals surface area (Å²) in [5.41, 5.74) is 2.62. The summed E-state index contributed by atoms with van der Waals surface area (Å²) in [4.78, 5) is 25.8. The van der Waals surface area contributed by atoms with E-state index in [9.17, 15) is 4.79 Å². The lowest BCUT2D eigenvalue weighted by Gasteiger charge is -2.34. The van der Waals surface area contributed by atoms with Gasteiger partial charge in [-0.3, -0.25) is 4.79 Å². The lowest BCUT2D eigenvalue weighted by molar-refractivity contribution is 0.0744. The van der Waals surface area contributed by atoms with Crippen LogP contribution in [-0.4, -0.2) is 47.0 Å². The molecule has 3 rings (SSSR count). The van der Waals surface area contributed by atoms with Crippen LogP contribution in [0.4, 0.5) is 5.95 Å². The Morgan fingerprint density at radius 3 is 2.25 bits per heavy atom. The van der Waals surface area contributed by atoms with Gasteiger partial charge >= 0.3 is 0 Å². The summed E-state index contributed by atoms with van der Waals surface area (Å²) in [6.07, 6.45) is 0.798. The number of hydrogen-bond acceptors (Lipinski definition) is 5. The Labute approximate surface area is 142 Å². The van der Waals surface area contributed by atoms with Crippen molar-refractivity contribution in [3.8, 4) is 0 Å². The molecule has 6 heteroatoms. The molecule has 0 spiro atoms. The van der Waals surface area contributed by atoms with Crippen LogP contribution in [0.25, 0.3) is 0 Å². The maximum absolute atomic E-state index is 12.7. The summed E-state index contributed by atoms with van der Waals surface area (Å²) in [5, 5.41) is 0. The molecule has 0 bridgehead atoms. The third-order valence-corrected chi connectivity index (χ3v) is 4.37. The largest absolute Gasteiger partial charge is 0.466 e. The molecule has 2 aromatic heterocycles. The van der Waals surface area contributed by atoms with Crippen LogP contribution in [-0.2, 0) is 6.42 Å². The maximum atomic E-state index is 12.7. The quantitative estimate of drug-likeness (QED) is 0.866. The second kappa shape index (κ2) is 6.63. The van der Waals surface area contributed by atoms with Crippen LogP contribution in [0.3, 0.4) is 0 Å². The second-order valence-corrected chi connectivity index (χ2v) is 6.27. The highest BCUT2D eigenvalue weighted by molar-refractivity contribution is 5.95. The molecular weight excluding hydrogens is 304 g/mol. The lowest BCUT2D eigenvalue weighted by Crippen LogP contribution is -2.49. The normalized spacial score (nSPS) is 15.0. The monoisotopic (exact) mass is 328 g/mol. The van der Waals surface area contributed by atoms with Gasteiger partial charge in [0.2, 0.25) is 5.95 Å². The first-order chi connectivity index (χ1) is 11.5. The van der Waals surface area contributed by atoms with E-state index >= 15 is 0 Å². The predicted molar refractivity (Wildman–Crippen MR) is 92.4 cm³/mol. The van der Waals surface area contributed by atoms with Gasteiger partial charge in [0, 0.05) is 44.0 Å². The van der Waals surface area contributed by atoms with E-state index in [2.05, 4.69) is 14.9 Å². The summed E-state index contributed by atoms with van der Waals surface area (Å²) >= 11 is 0. The summed E-state index contributed by atoms with van der Waals surface area (Å²) in [6, 6.07) is 3.84. The molecular formula is C18H24N4O2. The van der Waals surface area contributed by atoms with E-state index in [0.29, 0.717) is 24.4 Å². The lowest BCUT2D eigenvalue weighted by atomic mass is 10.2. The van der Waals surface area contributed by atoms with Gasteiger partial charge in [-0.15, -0.1) is 0 Å². The van der Waals surface area contributed by atoms with Crippen molar-refractivity contribution in [1.82, 2.24) is 14.9 Å². The highest BCUT2D eigenvalue weighted by Crippen LogP contribution is 2.19. The van der Waals surface area contributed by atoms with E-state index in [1.54, 1.807) is 0 Å². The van der Waals surface area contributed by atoms with Crippen molar-refractivity contribution >= 4 is 11.9 Å². The SMILES string of the molecule is CCc1cc(C(=O)N2CCN(c3nc(C)cc(C)n3)CC2)c(C)o1. The number of piperazine rings is 1. The molecule has 3 heterocycles. The first-order valence-electron chi connectivity index (χ1n) is 8.43. The number of aryl methyl sites for hydroxylation is 4. The molecule has 0 aromatic carbocycles. The Balaban J connectivity index is 1.68. The number of nitrogens with zero attached hydrogens (tertiary/aromatic N) is 4. The standard InChI is InChI=1S/C18H24N4O2/c1-5-15-11-16(14(4)24-15)17(23)21-6-8-22(9-7-21)18-19-12(2)10-13(3)20-18/h10-11H,5-9H2,1-4H3. The number of aromatic nitrogens is 2. The van der Waals surface area contributed by atoms with Gasteiger partial charge in [0.1, 0.15) is 11.5 Å². The molecule has 0 atom stereocenters. The van der Waals surface area contributed by atoms with Gasteiger partial charge in [0.25, 0.3) is 5.91 Å². The minimum absolute atomic E-state index is 0.0527. The van der Waals surface area contributed by atoms with Gasteiger partial charge in [0.05, 0.1) is 5.56 Å². The van der Waals surface area contributed by atoms with Crippen LogP contribution in [0.5, 0.6) is 0 Å². The Morgan fingerprint density at radius 2 is 1.71 bits per heavy atom. The highest BCUT2D eigenvalue weighted by atomic mass is 16.3. The average molecular weight is 328 g/mol. The topological polar surface area (TPSA) is 62.5 Å². The van der Waals surface area contributed by atoms with E-state index in [4.69, 9.17) is 4.42 Å². The molecule has 1 saturated heterocycles. The molecule has 128 valence electrons. The Morgan fingerprint density at radius 1 is 1.08 bits per heavy atom. The van der Waals surface area contributed by atoms with E-state index in [1.165, 1.54) is 0 Å². The van der Waals surface area contributed by atoms with Gasteiger partial charge in [0.15, 0.2) is 0 Å². The van der Waals surface area contributed by atoms with Crippen molar-refractivity contribution < 1.29 is 9.21 Å². The van der Waals surface area contributed by atoms with Crippen LogP contribution < -0.4 is 4.90 Å². The number of anilines is 1. The Hall–Kier alpha value is -2.37. The van der Waals surface area contributed by atoms with Crippen LogP contribution >= 0.6 is 0 Å². The average Bonchev–Trinajstić information content (AvgIpc) is 2.94. The fourth-order valence-corrected chi connectivity index (χ4v) is 3.06. The second-order valence-electron chi connectivity index (χ2n) is 6.27. The van der Waals surface area contributed by atoms with E-state index in [-0.39, 0.29) is 5.91 Å². The highest BCUT2D eigenvalue weighted by Gasteiger charge is 2.26. The van der Waals surface area contributed by atoms with Crippen molar-refractivity contribution in [3.05, 3.63) is 40.6 Å². The molecule has 24 heavy (non-hydrogen) atoms. The van der Waals surface area contributed by atoms with Crippen LogP contribution in [0.2, 0.25) is 0 Å². The maximum Gasteiger partial charge on any atom is 0.257 e. The molecule has 0 N–H and O–H groups in total. The minimum Gasteiger partial charge on any atom is -0.466 e. The van der Waals surface area contributed by atoms with Gasteiger partial charge in [-0.05, 0) is 32.9 Å². The molecule has 0 aliphatic carbocycles. The number of rotatable bonds is 3. The van der Waals surface area contributed by atoms with Crippen LogP contribution in [0, 0.1) is 20.8 Å². The Kier molecular flexibility index (Phi) is 4.55. The predicted octanol–water partition coefficient (Wildman–Crippen LogP) is 2.52. The van der Waals surface area contributed by atoms with Crippen molar-refractivity contribution in [1.29, 1.82) is 0 Å². The smallest absolute Gasteiger partial charge is 0.257 e. The molecule has 0 unspecified atom stereocenters. The van der Waals surface area contributed by atoms with E-state index < -0.39 is 0 Å². The molecule has 0 saturated carbocycles. The Bertz CT molecular complexity index is 725. The van der Waals surface area contributed by atoms with Gasteiger partial charge in [-0.1, -0.05) is 6.92 Å². The zero-order chi connectivity index (χ0) is 17.3. The number of amides is 1. The molecule has 1 fully saturated rings. The van der Waals surface area contributed by atoms with Gasteiger partial charge in [-0.2, -0.15) is 0 Å². The molecule has 6 nitrogen and oxygen atoms in total. The summed E-state index contributed by atoms with van der Waals surface area (Å²) in [5.74, 6) is 2.37. The van der Waals surface area contributed by atoms with E-state index in [1.807, 2.05) is 44.7 Å².